The van der Waals surface area contributed by atoms with Crippen LogP contribution in [0.4, 0.5) is 0 Å². The smallest absolute Gasteiger partial charge is 0.251 e. The lowest BCUT2D eigenvalue weighted by Crippen LogP contribution is -2.32. The Bertz CT molecular complexity index is 557. The van der Waals surface area contributed by atoms with E-state index in [1.807, 2.05) is 30.3 Å². The Hall–Kier alpha value is -2.07. The highest BCUT2D eigenvalue weighted by atomic mass is 16.5. The van der Waals surface area contributed by atoms with Gasteiger partial charge < -0.3 is 14.8 Å². The Morgan fingerprint density at radius 3 is 3.10 bits per heavy atom. The second-order valence-electron chi connectivity index (χ2n) is 4.90. The Morgan fingerprint density at radius 1 is 1.35 bits per heavy atom. The second kappa shape index (κ2) is 5.92. The van der Waals surface area contributed by atoms with Gasteiger partial charge >= 0.3 is 0 Å². The summed E-state index contributed by atoms with van der Waals surface area (Å²) in [6.07, 6.45) is 7.31. The fraction of sp³-hybridized carbons (Fsp3) is 0.312. The molecule has 1 unspecified atom stereocenters. The molecule has 2 aliphatic rings. The summed E-state index contributed by atoms with van der Waals surface area (Å²) < 4.78 is 11.0. The molecule has 0 aromatic heterocycles. The van der Waals surface area contributed by atoms with Gasteiger partial charge in [0.15, 0.2) is 0 Å². The van der Waals surface area contributed by atoms with Crippen LogP contribution in [-0.2, 0) is 9.53 Å². The van der Waals surface area contributed by atoms with Crippen molar-refractivity contribution in [1.82, 2.24) is 5.32 Å². The minimum atomic E-state index is -0.1000. The number of ether oxygens (including phenoxy) is 2. The predicted molar refractivity (Wildman–Crippen MR) is 76.2 cm³/mol. The average molecular weight is 271 g/mol. The summed E-state index contributed by atoms with van der Waals surface area (Å²) in [6.45, 7) is 1.36. The standard InChI is InChI=1S/C16H17NO3/c18-16(17-11-14-5-3-8-19-14)13-7-9-20-15-6-2-1-4-12(15)10-13/h1-2,4,6-7,9-10,14H,3,5,8,11H2,(H,17,18). The van der Waals surface area contributed by atoms with Crippen LogP contribution in [0.1, 0.15) is 18.4 Å². The topological polar surface area (TPSA) is 47.6 Å². The van der Waals surface area contributed by atoms with Gasteiger partial charge in [0, 0.05) is 24.3 Å². The van der Waals surface area contributed by atoms with Gasteiger partial charge in [0.05, 0.1) is 12.4 Å². The van der Waals surface area contributed by atoms with Crippen LogP contribution in [0, 0.1) is 0 Å². The first-order valence-corrected chi connectivity index (χ1v) is 6.87. The number of amides is 1. The molecule has 0 aliphatic carbocycles. The van der Waals surface area contributed by atoms with E-state index in [4.69, 9.17) is 9.47 Å². The molecule has 0 bridgehead atoms. The minimum absolute atomic E-state index is 0.1000. The Kier molecular flexibility index (Phi) is 3.83. The molecule has 20 heavy (non-hydrogen) atoms. The number of para-hydroxylation sites is 1. The van der Waals surface area contributed by atoms with Gasteiger partial charge in [0.2, 0.25) is 0 Å². The van der Waals surface area contributed by atoms with Crippen LogP contribution in [0.3, 0.4) is 0 Å². The van der Waals surface area contributed by atoms with Gasteiger partial charge in [-0.2, -0.15) is 0 Å². The highest BCUT2D eigenvalue weighted by molar-refractivity contribution is 6.01. The number of rotatable bonds is 3. The molecule has 1 aromatic rings. The van der Waals surface area contributed by atoms with Crippen LogP contribution < -0.4 is 10.1 Å². The van der Waals surface area contributed by atoms with Gasteiger partial charge in [0.1, 0.15) is 5.75 Å². The van der Waals surface area contributed by atoms with E-state index in [2.05, 4.69) is 5.32 Å². The third kappa shape index (κ3) is 2.91. The third-order valence-electron chi connectivity index (χ3n) is 3.45. The van der Waals surface area contributed by atoms with Crippen molar-refractivity contribution in [3.63, 3.8) is 0 Å². The number of benzene rings is 1. The fourth-order valence-corrected chi connectivity index (χ4v) is 2.36. The average Bonchev–Trinajstić information content (AvgIpc) is 2.89. The normalized spacial score (nSPS) is 20.6. The molecule has 1 fully saturated rings. The van der Waals surface area contributed by atoms with Crippen LogP contribution in [0.15, 0.2) is 42.2 Å². The van der Waals surface area contributed by atoms with E-state index in [0.29, 0.717) is 12.1 Å². The zero-order chi connectivity index (χ0) is 13.8. The Balaban J connectivity index is 1.69. The number of carbonyl (C=O) groups is 1. The lowest BCUT2D eigenvalue weighted by molar-refractivity contribution is -0.117. The molecule has 0 saturated carbocycles. The molecule has 0 radical (unpaired) electrons. The van der Waals surface area contributed by atoms with Crippen molar-refractivity contribution in [2.45, 2.75) is 18.9 Å². The van der Waals surface area contributed by atoms with Gasteiger partial charge in [-0.25, -0.2) is 0 Å². The van der Waals surface area contributed by atoms with E-state index >= 15 is 0 Å². The maximum Gasteiger partial charge on any atom is 0.251 e. The highest BCUT2D eigenvalue weighted by Crippen LogP contribution is 2.24. The Morgan fingerprint density at radius 2 is 2.25 bits per heavy atom. The molecule has 3 rings (SSSR count). The van der Waals surface area contributed by atoms with Crippen molar-refractivity contribution < 1.29 is 14.3 Å². The van der Waals surface area contributed by atoms with Crippen molar-refractivity contribution in [2.75, 3.05) is 13.2 Å². The molecule has 4 heteroatoms. The molecule has 2 aliphatic heterocycles. The summed E-state index contributed by atoms with van der Waals surface area (Å²) in [5.41, 5.74) is 1.49. The van der Waals surface area contributed by atoms with E-state index in [0.717, 1.165) is 30.8 Å². The first kappa shape index (κ1) is 12.9. The molecule has 1 saturated heterocycles. The summed E-state index contributed by atoms with van der Waals surface area (Å²) in [6, 6.07) is 7.63. The van der Waals surface area contributed by atoms with Crippen molar-refractivity contribution in [2.24, 2.45) is 0 Å². The predicted octanol–water partition coefficient (Wildman–Crippen LogP) is 2.27. The van der Waals surface area contributed by atoms with Crippen molar-refractivity contribution >= 4 is 12.0 Å². The maximum atomic E-state index is 12.2. The summed E-state index contributed by atoms with van der Waals surface area (Å²) >= 11 is 0. The molecule has 1 amide bonds. The van der Waals surface area contributed by atoms with Gasteiger partial charge in [-0.3, -0.25) is 4.79 Å². The molecule has 1 N–H and O–H groups in total. The van der Waals surface area contributed by atoms with E-state index in [9.17, 15) is 4.79 Å². The lowest BCUT2D eigenvalue weighted by atomic mass is 10.1. The van der Waals surface area contributed by atoms with Gasteiger partial charge in [-0.15, -0.1) is 0 Å². The van der Waals surface area contributed by atoms with Gasteiger partial charge in [0.25, 0.3) is 5.91 Å². The maximum absolute atomic E-state index is 12.2. The molecule has 2 heterocycles. The zero-order valence-corrected chi connectivity index (χ0v) is 11.2. The van der Waals surface area contributed by atoms with E-state index in [1.165, 1.54) is 0 Å². The van der Waals surface area contributed by atoms with Gasteiger partial charge in [-0.1, -0.05) is 18.2 Å². The number of hydrogen-bond acceptors (Lipinski definition) is 3. The van der Waals surface area contributed by atoms with Crippen LogP contribution in [0.5, 0.6) is 5.75 Å². The first-order valence-electron chi connectivity index (χ1n) is 6.87. The van der Waals surface area contributed by atoms with Crippen LogP contribution >= 0.6 is 0 Å². The number of carbonyl (C=O) groups excluding carboxylic acids is 1. The summed E-state index contributed by atoms with van der Waals surface area (Å²) in [5, 5.41) is 2.91. The first-order chi connectivity index (χ1) is 9.83. The second-order valence-corrected chi connectivity index (χ2v) is 4.90. The number of hydrogen-bond donors (Lipinski definition) is 1. The van der Waals surface area contributed by atoms with Crippen molar-refractivity contribution in [3.8, 4) is 5.75 Å². The molecule has 104 valence electrons. The molecule has 1 aromatic carbocycles. The Labute approximate surface area is 118 Å². The highest BCUT2D eigenvalue weighted by Gasteiger charge is 2.17. The van der Waals surface area contributed by atoms with Crippen molar-refractivity contribution in [3.05, 3.63) is 47.7 Å². The van der Waals surface area contributed by atoms with E-state index in [1.54, 1.807) is 12.3 Å². The third-order valence-corrected chi connectivity index (χ3v) is 3.45. The molecular weight excluding hydrogens is 254 g/mol. The minimum Gasteiger partial charge on any atom is -0.464 e. The monoisotopic (exact) mass is 271 g/mol. The largest absolute Gasteiger partial charge is 0.464 e. The fourth-order valence-electron chi connectivity index (χ4n) is 2.36. The number of nitrogens with one attached hydrogen (secondary N) is 1. The number of fused-ring (bicyclic) bond motifs is 1. The van der Waals surface area contributed by atoms with E-state index < -0.39 is 0 Å². The molecular formula is C16H17NO3. The summed E-state index contributed by atoms with van der Waals surface area (Å²) in [5.74, 6) is 0.655. The van der Waals surface area contributed by atoms with E-state index in [-0.39, 0.29) is 12.0 Å². The molecule has 0 spiro atoms. The van der Waals surface area contributed by atoms with Crippen LogP contribution in [-0.4, -0.2) is 25.2 Å². The summed E-state index contributed by atoms with van der Waals surface area (Å²) in [4.78, 5) is 12.2. The van der Waals surface area contributed by atoms with Crippen molar-refractivity contribution in [1.29, 1.82) is 0 Å². The quantitative estimate of drug-likeness (QED) is 0.917. The lowest BCUT2D eigenvalue weighted by Gasteiger charge is -2.10. The molecule has 1 atom stereocenters. The van der Waals surface area contributed by atoms with Crippen LogP contribution in [0.25, 0.3) is 6.08 Å². The summed E-state index contributed by atoms with van der Waals surface area (Å²) in [7, 11) is 0. The zero-order valence-electron chi connectivity index (χ0n) is 11.2. The van der Waals surface area contributed by atoms with Gasteiger partial charge in [-0.05, 0) is 31.1 Å². The SMILES string of the molecule is O=C(NCC1CCCO1)C1=Cc2ccccc2OC=C1. The van der Waals surface area contributed by atoms with Crippen LogP contribution in [0.2, 0.25) is 0 Å². The molecule has 4 nitrogen and oxygen atoms in total.